The van der Waals surface area contributed by atoms with Gasteiger partial charge >= 0.3 is 0 Å². The second kappa shape index (κ2) is 6.72. The molecule has 7 heteroatoms. The molecule has 2 saturated heterocycles. The first kappa shape index (κ1) is 17.2. The third-order valence-electron chi connectivity index (χ3n) is 5.13. The molecule has 0 bridgehead atoms. The van der Waals surface area contributed by atoms with Crippen molar-refractivity contribution in [3.8, 4) is 0 Å². The fourth-order valence-electron chi connectivity index (χ4n) is 3.69. The number of likely N-dealkylation sites (tertiary alicyclic amines) is 1. The van der Waals surface area contributed by atoms with Crippen LogP contribution in [0, 0.1) is 0 Å². The van der Waals surface area contributed by atoms with Crippen molar-refractivity contribution >= 4 is 21.4 Å². The van der Waals surface area contributed by atoms with Gasteiger partial charge in [0.1, 0.15) is 0 Å². The van der Waals surface area contributed by atoms with E-state index in [-0.39, 0.29) is 11.9 Å². The van der Waals surface area contributed by atoms with Gasteiger partial charge < -0.3 is 15.5 Å². The fourth-order valence-corrected chi connectivity index (χ4v) is 5.09. The van der Waals surface area contributed by atoms with Gasteiger partial charge in [-0.3, -0.25) is 4.79 Å². The van der Waals surface area contributed by atoms with Crippen molar-refractivity contribution in [1.29, 1.82) is 0 Å². The van der Waals surface area contributed by atoms with E-state index in [1.54, 1.807) is 4.90 Å². The summed E-state index contributed by atoms with van der Waals surface area (Å²) in [5, 5.41) is 6.58. The number of sulfone groups is 1. The summed E-state index contributed by atoms with van der Waals surface area (Å²) in [4.78, 5) is 14.8. The molecule has 0 radical (unpaired) electrons. The monoisotopic (exact) mass is 351 g/mol. The summed E-state index contributed by atoms with van der Waals surface area (Å²) in [5.74, 6) is -0.219. The molecule has 6 nitrogen and oxygen atoms in total. The lowest BCUT2D eigenvalue weighted by atomic mass is 9.95. The summed E-state index contributed by atoms with van der Waals surface area (Å²) in [6, 6.07) is 10.0. The van der Waals surface area contributed by atoms with Gasteiger partial charge in [0.15, 0.2) is 14.6 Å². The van der Waals surface area contributed by atoms with Gasteiger partial charge in [-0.2, -0.15) is 0 Å². The predicted molar refractivity (Wildman–Crippen MR) is 94.7 cm³/mol. The molecule has 1 aromatic rings. The van der Waals surface area contributed by atoms with Crippen LogP contribution in [0.25, 0.3) is 0 Å². The summed E-state index contributed by atoms with van der Waals surface area (Å²) in [6.07, 6.45) is 2.75. The number of amides is 1. The molecule has 1 unspecified atom stereocenters. The van der Waals surface area contributed by atoms with Crippen LogP contribution in [0.5, 0.6) is 0 Å². The topological polar surface area (TPSA) is 78.5 Å². The molecule has 1 atom stereocenters. The van der Waals surface area contributed by atoms with Crippen LogP contribution in [-0.4, -0.2) is 62.4 Å². The highest BCUT2D eigenvalue weighted by Gasteiger charge is 2.51. The number of rotatable bonds is 4. The first-order valence-electron chi connectivity index (χ1n) is 8.44. The maximum Gasteiger partial charge on any atom is 0.244 e. The van der Waals surface area contributed by atoms with Crippen molar-refractivity contribution < 1.29 is 13.2 Å². The van der Waals surface area contributed by atoms with E-state index in [2.05, 4.69) is 10.6 Å². The van der Waals surface area contributed by atoms with Gasteiger partial charge in [0.2, 0.25) is 5.91 Å². The van der Waals surface area contributed by atoms with E-state index in [4.69, 9.17) is 0 Å². The number of para-hydroxylation sites is 1. The molecule has 0 saturated carbocycles. The van der Waals surface area contributed by atoms with E-state index in [1.165, 1.54) is 6.26 Å². The Morgan fingerprint density at radius 2 is 1.92 bits per heavy atom. The molecular formula is C17H25N3O3S. The number of carbonyl (C=O) groups excluding carboxylic acids is 1. The minimum absolute atomic E-state index is 0.162. The van der Waals surface area contributed by atoms with Crippen LogP contribution in [0.15, 0.2) is 30.3 Å². The fraction of sp³-hybridized carbons (Fsp3) is 0.588. The lowest BCUT2D eigenvalue weighted by Crippen LogP contribution is -2.58. The third kappa shape index (κ3) is 3.28. The Hall–Kier alpha value is -1.60. The number of anilines is 1. The van der Waals surface area contributed by atoms with Gasteiger partial charge in [0, 0.05) is 31.1 Å². The molecule has 2 fully saturated rings. The van der Waals surface area contributed by atoms with Crippen LogP contribution in [0.4, 0.5) is 5.69 Å². The average molecular weight is 351 g/mol. The van der Waals surface area contributed by atoms with E-state index < -0.39 is 14.6 Å². The molecule has 2 aliphatic heterocycles. The minimum Gasteiger partial charge on any atom is -0.380 e. The average Bonchev–Trinajstić information content (AvgIpc) is 3.03. The normalized spacial score (nSPS) is 23.9. The summed E-state index contributed by atoms with van der Waals surface area (Å²) in [7, 11) is -3.45. The lowest BCUT2D eigenvalue weighted by molar-refractivity contribution is -0.133. The molecule has 0 aliphatic carbocycles. The van der Waals surface area contributed by atoms with Crippen molar-refractivity contribution in [3.05, 3.63) is 30.3 Å². The molecule has 0 spiro atoms. The van der Waals surface area contributed by atoms with Crippen LogP contribution in [0.2, 0.25) is 0 Å². The van der Waals surface area contributed by atoms with Gasteiger partial charge in [-0.1, -0.05) is 18.2 Å². The van der Waals surface area contributed by atoms with Crippen LogP contribution in [0.3, 0.4) is 0 Å². The van der Waals surface area contributed by atoms with Gasteiger partial charge in [0.05, 0.1) is 0 Å². The molecule has 3 rings (SSSR count). The first-order chi connectivity index (χ1) is 11.4. The molecule has 2 aliphatic rings. The highest BCUT2D eigenvalue weighted by Crippen LogP contribution is 2.31. The van der Waals surface area contributed by atoms with E-state index in [1.807, 2.05) is 30.3 Å². The number of hydrogen-bond donors (Lipinski definition) is 2. The van der Waals surface area contributed by atoms with E-state index in [0.29, 0.717) is 39.0 Å². The van der Waals surface area contributed by atoms with Crippen molar-refractivity contribution in [2.45, 2.75) is 30.1 Å². The van der Waals surface area contributed by atoms with E-state index in [9.17, 15) is 13.2 Å². The molecule has 0 aromatic heterocycles. The highest BCUT2D eigenvalue weighted by atomic mass is 32.2. The van der Waals surface area contributed by atoms with Crippen molar-refractivity contribution in [2.24, 2.45) is 0 Å². The largest absolute Gasteiger partial charge is 0.380 e. The zero-order valence-electron chi connectivity index (χ0n) is 14.0. The quantitative estimate of drug-likeness (QED) is 0.841. The number of hydrogen-bond acceptors (Lipinski definition) is 5. The molecule has 132 valence electrons. The Labute approximate surface area is 143 Å². The Morgan fingerprint density at radius 1 is 1.25 bits per heavy atom. The number of benzene rings is 1. The zero-order chi connectivity index (χ0) is 17.2. The van der Waals surface area contributed by atoms with Gasteiger partial charge in [-0.25, -0.2) is 8.42 Å². The third-order valence-corrected chi connectivity index (χ3v) is 7.13. The van der Waals surface area contributed by atoms with Crippen LogP contribution >= 0.6 is 0 Å². The van der Waals surface area contributed by atoms with Crippen molar-refractivity contribution in [2.75, 3.05) is 37.8 Å². The minimum atomic E-state index is -3.45. The Balaban J connectivity index is 1.71. The van der Waals surface area contributed by atoms with Crippen LogP contribution in [0.1, 0.15) is 19.3 Å². The molecule has 2 heterocycles. The van der Waals surface area contributed by atoms with Crippen LogP contribution < -0.4 is 10.6 Å². The van der Waals surface area contributed by atoms with Crippen LogP contribution in [-0.2, 0) is 14.6 Å². The Kier molecular flexibility index (Phi) is 4.83. The standard InChI is InChI=1S/C17H25N3O3S/c1-24(22,23)17(8-10-18-11-9-17)16(21)20-12-7-15(13-20)19-14-5-3-2-4-6-14/h2-6,15,18-19H,7-13H2,1H3. The molecule has 1 aromatic carbocycles. The smallest absolute Gasteiger partial charge is 0.244 e. The summed E-state index contributed by atoms with van der Waals surface area (Å²) in [6.45, 7) is 2.29. The van der Waals surface area contributed by atoms with Gasteiger partial charge in [0.25, 0.3) is 0 Å². The number of nitrogens with zero attached hydrogens (tertiary/aromatic N) is 1. The van der Waals surface area contributed by atoms with Gasteiger partial charge in [-0.15, -0.1) is 0 Å². The molecule has 24 heavy (non-hydrogen) atoms. The number of nitrogens with one attached hydrogen (secondary N) is 2. The second-order valence-electron chi connectivity index (χ2n) is 6.76. The van der Waals surface area contributed by atoms with Crippen molar-refractivity contribution in [1.82, 2.24) is 10.2 Å². The van der Waals surface area contributed by atoms with Gasteiger partial charge in [-0.05, 0) is 44.5 Å². The summed E-state index contributed by atoms with van der Waals surface area (Å²) < 4.78 is 23.5. The molecule has 2 N–H and O–H groups in total. The number of piperidine rings is 1. The zero-order valence-corrected chi connectivity index (χ0v) is 14.8. The lowest BCUT2D eigenvalue weighted by Gasteiger charge is -2.37. The number of carbonyl (C=O) groups is 1. The predicted octanol–water partition coefficient (Wildman–Crippen LogP) is 0.866. The summed E-state index contributed by atoms with van der Waals surface area (Å²) in [5.41, 5.74) is 1.02. The van der Waals surface area contributed by atoms with E-state index in [0.717, 1.165) is 12.1 Å². The molecule has 1 amide bonds. The van der Waals surface area contributed by atoms with E-state index >= 15 is 0 Å². The maximum atomic E-state index is 13.1. The SMILES string of the molecule is CS(=O)(=O)C1(C(=O)N2CCC(Nc3ccccc3)C2)CCNCC1. The Morgan fingerprint density at radius 3 is 2.54 bits per heavy atom. The summed E-state index contributed by atoms with van der Waals surface area (Å²) >= 11 is 0. The maximum absolute atomic E-state index is 13.1. The second-order valence-corrected chi connectivity index (χ2v) is 9.09. The first-order valence-corrected chi connectivity index (χ1v) is 10.3. The van der Waals surface area contributed by atoms with Crippen molar-refractivity contribution in [3.63, 3.8) is 0 Å². The molecular weight excluding hydrogens is 326 g/mol. The Bertz CT molecular complexity index is 684. The highest BCUT2D eigenvalue weighted by molar-refractivity contribution is 7.92.